The number of hydrogen-bond acceptors (Lipinski definition) is 3. The third kappa shape index (κ3) is 2.58. The van der Waals surface area contributed by atoms with E-state index in [-0.39, 0.29) is 0 Å². The summed E-state index contributed by atoms with van der Waals surface area (Å²) < 4.78 is 5.43. The molecule has 2 atom stereocenters. The van der Waals surface area contributed by atoms with Crippen LogP contribution in [-0.2, 0) is 4.74 Å². The van der Waals surface area contributed by atoms with Crippen molar-refractivity contribution >= 4 is 0 Å². The highest BCUT2D eigenvalue weighted by Crippen LogP contribution is 2.31. The summed E-state index contributed by atoms with van der Waals surface area (Å²) in [6.07, 6.45) is 6.88. The van der Waals surface area contributed by atoms with E-state index in [9.17, 15) is 0 Å². The summed E-state index contributed by atoms with van der Waals surface area (Å²) in [6, 6.07) is 1.52. The molecule has 0 radical (unpaired) electrons. The Morgan fingerprint density at radius 3 is 2.44 bits per heavy atom. The van der Waals surface area contributed by atoms with Crippen LogP contribution in [0.2, 0.25) is 0 Å². The van der Waals surface area contributed by atoms with E-state index in [1.54, 1.807) is 0 Å². The number of hydrogen-bond donors (Lipinski definition) is 1. The van der Waals surface area contributed by atoms with Gasteiger partial charge in [0.05, 0.1) is 6.10 Å². The van der Waals surface area contributed by atoms with Crippen molar-refractivity contribution in [3.05, 3.63) is 0 Å². The van der Waals surface area contributed by atoms with E-state index in [0.29, 0.717) is 6.10 Å². The van der Waals surface area contributed by atoms with Crippen LogP contribution in [0, 0.1) is 5.92 Å². The van der Waals surface area contributed by atoms with Crippen molar-refractivity contribution in [2.75, 3.05) is 20.2 Å². The Morgan fingerprint density at radius 1 is 1.25 bits per heavy atom. The van der Waals surface area contributed by atoms with Gasteiger partial charge in [0.2, 0.25) is 0 Å². The molecule has 2 rings (SSSR count). The first-order valence-corrected chi connectivity index (χ1v) is 6.73. The van der Waals surface area contributed by atoms with Gasteiger partial charge < -0.3 is 10.5 Å². The van der Waals surface area contributed by atoms with Crippen molar-refractivity contribution in [3.63, 3.8) is 0 Å². The Hall–Kier alpha value is -0.120. The van der Waals surface area contributed by atoms with Crippen LogP contribution < -0.4 is 5.73 Å². The lowest BCUT2D eigenvalue weighted by Gasteiger charge is -2.36. The fourth-order valence-electron chi connectivity index (χ4n) is 3.46. The average molecular weight is 226 g/mol. The first-order chi connectivity index (χ1) is 7.74. The number of methoxy groups -OCH3 is 1. The molecule has 0 spiro atoms. The van der Waals surface area contributed by atoms with E-state index in [0.717, 1.165) is 24.5 Å². The molecule has 2 unspecified atom stereocenters. The topological polar surface area (TPSA) is 38.5 Å². The molecule has 2 fully saturated rings. The zero-order valence-electron chi connectivity index (χ0n) is 10.7. The minimum atomic E-state index is 0.513. The van der Waals surface area contributed by atoms with Crippen molar-refractivity contribution < 1.29 is 4.74 Å². The highest BCUT2D eigenvalue weighted by Gasteiger charge is 2.34. The lowest BCUT2D eigenvalue weighted by molar-refractivity contribution is 0.0362. The highest BCUT2D eigenvalue weighted by atomic mass is 16.5. The largest absolute Gasteiger partial charge is 0.381 e. The van der Waals surface area contributed by atoms with Crippen molar-refractivity contribution in [2.24, 2.45) is 11.7 Å². The predicted octanol–water partition coefficient (Wildman–Crippen LogP) is 1.61. The SMILES string of the molecule is COC1CCC(N2CC(CN)CC2C)CC1. The Labute approximate surface area is 99.3 Å². The maximum Gasteiger partial charge on any atom is 0.0572 e. The zero-order valence-corrected chi connectivity index (χ0v) is 10.7. The third-order valence-corrected chi connectivity index (χ3v) is 4.49. The second-order valence-electron chi connectivity index (χ2n) is 5.55. The lowest BCUT2D eigenvalue weighted by atomic mass is 9.91. The minimum Gasteiger partial charge on any atom is -0.381 e. The maximum absolute atomic E-state index is 5.78. The van der Waals surface area contributed by atoms with Gasteiger partial charge in [-0.15, -0.1) is 0 Å². The second-order valence-corrected chi connectivity index (χ2v) is 5.55. The van der Waals surface area contributed by atoms with Crippen molar-refractivity contribution in [2.45, 2.75) is 57.2 Å². The molecule has 0 aromatic heterocycles. The molecule has 0 bridgehead atoms. The molecule has 0 aromatic carbocycles. The van der Waals surface area contributed by atoms with Crippen molar-refractivity contribution in [1.82, 2.24) is 4.90 Å². The summed E-state index contributed by atoms with van der Waals surface area (Å²) in [5.74, 6) is 0.732. The van der Waals surface area contributed by atoms with Crippen LogP contribution in [0.3, 0.4) is 0 Å². The Morgan fingerprint density at radius 2 is 1.94 bits per heavy atom. The molecule has 3 heteroatoms. The number of nitrogens with two attached hydrogens (primary N) is 1. The van der Waals surface area contributed by atoms with Crippen LogP contribution in [0.15, 0.2) is 0 Å². The van der Waals surface area contributed by atoms with Gasteiger partial charge in [0, 0.05) is 25.7 Å². The summed E-state index contributed by atoms with van der Waals surface area (Å²) in [4.78, 5) is 2.70. The van der Waals surface area contributed by atoms with Gasteiger partial charge in [-0.05, 0) is 51.5 Å². The smallest absolute Gasteiger partial charge is 0.0572 e. The monoisotopic (exact) mass is 226 g/mol. The van der Waals surface area contributed by atoms with Crippen molar-refractivity contribution in [3.8, 4) is 0 Å². The van der Waals surface area contributed by atoms with Crippen LogP contribution in [0.25, 0.3) is 0 Å². The molecule has 2 N–H and O–H groups in total. The molecule has 1 heterocycles. The maximum atomic E-state index is 5.78. The first-order valence-electron chi connectivity index (χ1n) is 6.73. The molecule has 3 nitrogen and oxygen atoms in total. The van der Waals surface area contributed by atoms with Crippen LogP contribution >= 0.6 is 0 Å². The minimum absolute atomic E-state index is 0.513. The third-order valence-electron chi connectivity index (χ3n) is 4.49. The molecule has 16 heavy (non-hydrogen) atoms. The van der Waals surface area contributed by atoms with E-state index in [4.69, 9.17) is 10.5 Å². The second kappa shape index (κ2) is 5.48. The summed E-state index contributed by atoms with van der Waals surface area (Å²) >= 11 is 0. The van der Waals surface area contributed by atoms with Gasteiger partial charge in [-0.2, -0.15) is 0 Å². The van der Waals surface area contributed by atoms with Crippen molar-refractivity contribution in [1.29, 1.82) is 0 Å². The average Bonchev–Trinajstić information content (AvgIpc) is 2.71. The van der Waals surface area contributed by atoms with E-state index < -0.39 is 0 Å². The quantitative estimate of drug-likeness (QED) is 0.794. The number of likely N-dealkylation sites (tertiary alicyclic amines) is 1. The van der Waals surface area contributed by atoms with E-state index in [1.807, 2.05) is 7.11 Å². The van der Waals surface area contributed by atoms with Gasteiger partial charge in [-0.3, -0.25) is 4.90 Å². The standard InChI is InChI=1S/C13H26N2O/c1-10-7-11(8-14)9-15(10)12-3-5-13(16-2)6-4-12/h10-13H,3-9,14H2,1-2H3. The number of ether oxygens (including phenoxy) is 1. The molecule has 0 aromatic rings. The zero-order chi connectivity index (χ0) is 11.5. The molecule has 1 aliphatic heterocycles. The van der Waals surface area contributed by atoms with Crippen LogP contribution in [0.1, 0.15) is 39.0 Å². The molecule has 94 valence electrons. The summed E-state index contributed by atoms with van der Waals surface area (Å²) in [7, 11) is 1.84. The van der Waals surface area contributed by atoms with E-state index in [2.05, 4.69) is 11.8 Å². The highest BCUT2D eigenvalue weighted by molar-refractivity contribution is 4.89. The van der Waals surface area contributed by atoms with Gasteiger partial charge in [0.25, 0.3) is 0 Å². The van der Waals surface area contributed by atoms with Gasteiger partial charge in [-0.1, -0.05) is 0 Å². The van der Waals surface area contributed by atoms with Crippen LogP contribution in [-0.4, -0.2) is 43.3 Å². The van der Waals surface area contributed by atoms with Crippen LogP contribution in [0.4, 0.5) is 0 Å². The summed E-state index contributed by atoms with van der Waals surface area (Å²) in [6.45, 7) is 4.44. The Balaban J connectivity index is 1.84. The van der Waals surface area contributed by atoms with Gasteiger partial charge in [0.15, 0.2) is 0 Å². The fourth-order valence-corrected chi connectivity index (χ4v) is 3.46. The molecule has 0 amide bonds. The van der Waals surface area contributed by atoms with Gasteiger partial charge >= 0.3 is 0 Å². The first kappa shape index (κ1) is 12.3. The fraction of sp³-hybridized carbons (Fsp3) is 1.00. The van der Waals surface area contributed by atoms with E-state index >= 15 is 0 Å². The molecule has 1 saturated heterocycles. The molecular formula is C13H26N2O. The summed E-state index contributed by atoms with van der Waals surface area (Å²) in [5.41, 5.74) is 5.78. The Bertz CT molecular complexity index is 214. The lowest BCUT2D eigenvalue weighted by Crippen LogP contribution is -2.41. The molecule has 2 aliphatic rings. The van der Waals surface area contributed by atoms with Gasteiger partial charge in [0.1, 0.15) is 0 Å². The number of rotatable bonds is 3. The normalized spacial score (nSPS) is 41.4. The van der Waals surface area contributed by atoms with Gasteiger partial charge in [-0.25, -0.2) is 0 Å². The predicted molar refractivity (Wildman–Crippen MR) is 66.4 cm³/mol. The molecule has 1 aliphatic carbocycles. The molecular weight excluding hydrogens is 200 g/mol. The van der Waals surface area contributed by atoms with E-state index in [1.165, 1.54) is 38.6 Å². The number of nitrogens with zero attached hydrogens (tertiary/aromatic N) is 1. The summed E-state index contributed by atoms with van der Waals surface area (Å²) in [5, 5.41) is 0. The molecule has 1 saturated carbocycles. The van der Waals surface area contributed by atoms with Crippen LogP contribution in [0.5, 0.6) is 0 Å². The Kier molecular flexibility index (Phi) is 4.22.